The first-order valence-corrected chi connectivity index (χ1v) is 13.5. The van der Waals surface area contributed by atoms with Gasteiger partial charge in [0.15, 0.2) is 11.5 Å². The lowest BCUT2D eigenvalue weighted by molar-refractivity contribution is 0.0734. The number of esters is 1. The molecule has 0 aliphatic carbocycles. The van der Waals surface area contributed by atoms with Gasteiger partial charge in [0.05, 0.1) is 24.7 Å². The minimum Gasteiger partial charge on any atom is -0.493 e. The van der Waals surface area contributed by atoms with Crippen molar-refractivity contribution < 1.29 is 32.9 Å². The molecule has 1 unspecified atom stereocenters. The lowest BCUT2D eigenvalue weighted by Crippen LogP contribution is -2.21. The Labute approximate surface area is 248 Å². The van der Waals surface area contributed by atoms with Crippen molar-refractivity contribution in [1.82, 2.24) is 0 Å². The summed E-state index contributed by atoms with van der Waals surface area (Å²) < 4.78 is 41.8. The zero-order valence-electron chi connectivity index (χ0n) is 23.8. The van der Waals surface area contributed by atoms with E-state index in [1.807, 2.05) is 19.9 Å². The highest BCUT2D eigenvalue weighted by Gasteiger charge is 2.32. The summed E-state index contributed by atoms with van der Waals surface area (Å²) in [6.45, 7) is 4.05. The van der Waals surface area contributed by atoms with Crippen LogP contribution in [0.25, 0.3) is 0 Å². The van der Waals surface area contributed by atoms with Crippen LogP contribution in [0.4, 0.5) is 4.39 Å². The number of benzene rings is 4. The summed E-state index contributed by atoms with van der Waals surface area (Å²) in [5, 5.41) is 9.97. The topological polar surface area (TPSA) is 113 Å². The van der Waals surface area contributed by atoms with E-state index in [0.717, 1.165) is 5.56 Å². The minimum atomic E-state index is -0.577. The zero-order chi connectivity index (χ0) is 30.5. The largest absolute Gasteiger partial charge is 0.493 e. The van der Waals surface area contributed by atoms with Crippen LogP contribution in [0.5, 0.6) is 28.7 Å². The van der Waals surface area contributed by atoms with E-state index in [2.05, 4.69) is 6.07 Å². The number of rotatable bonds is 9. The van der Waals surface area contributed by atoms with Crippen LogP contribution in [0.15, 0.2) is 96.4 Å². The second kappa shape index (κ2) is 12.6. The molecule has 43 heavy (non-hydrogen) atoms. The summed E-state index contributed by atoms with van der Waals surface area (Å²) in [5.41, 5.74) is 8.92. The van der Waals surface area contributed by atoms with Crippen LogP contribution in [0.1, 0.15) is 46.8 Å². The number of methoxy groups -OCH3 is 1. The molecule has 8 nitrogen and oxygen atoms in total. The first kappa shape index (κ1) is 29.0. The molecule has 0 bridgehead atoms. The molecule has 9 heteroatoms. The molecule has 2 N–H and O–H groups in total. The Bertz CT molecular complexity index is 1710. The normalized spacial score (nSPS) is 13.9. The molecule has 1 aliphatic rings. The van der Waals surface area contributed by atoms with Gasteiger partial charge in [-0.15, -0.1) is 0 Å². The number of ether oxygens (including phenoxy) is 5. The van der Waals surface area contributed by atoms with Crippen molar-refractivity contribution in [1.29, 1.82) is 5.26 Å². The summed E-state index contributed by atoms with van der Waals surface area (Å²) in [4.78, 5) is 12.8. The Hall–Kier alpha value is -5.49. The summed E-state index contributed by atoms with van der Waals surface area (Å²) in [6.07, 6.45) is 0.0142. The first-order chi connectivity index (χ1) is 20.7. The van der Waals surface area contributed by atoms with Crippen LogP contribution in [-0.4, -0.2) is 19.2 Å². The van der Waals surface area contributed by atoms with Gasteiger partial charge in [0.2, 0.25) is 5.88 Å². The summed E-state index contributed by atoms with van der Waals surface area (Å²) in [6, 6.07) is 25.1. The Kier molecular flexibility index (Phi) is 8.49. The van der Waals surface area contributed by atoms with Crippen LogP contribution in [0, 0.1) is 17.1 Å². The van der Waals surface area contributed by atoms with Crippen molar-refractivity contribution in [3.63, 3.8) is 0 Å². The molecule has 5 rings (SSSR count). The zero-order valence-corrected chi connectivity index (χ0v) is 23.8. The molecule has 4 aromatic rings. The number of allylic oxidation sites excluding steroid dienone is 1. The summed E-state index contributed by atoms with van der Waals surface area (Å²) in [7, 11) is 1.52. The molecule has 0 amide bonds. The van der Waals surface area contributed by atoms with Gasteiger partial charge < -0.3 is 29.4 Å². The van der Waals surface area contributed by atoms with Crippen molar-refractivity contribution in [2.24, 2.45) is 5.73 Å². The predicted octanol–water partition coefficient (Wildman–Crippen LogP) is 6.64. The standard InChI is InChI=1S/C34H29FN2O6/c1-20(2)41-25-11-6-22(7-12-25)34(38)42-26-13-14-27-30(17-26)43-33(37)28(18-36)32(27)23-8-15-29(31(16-23)39-3)40-19-21-4-9-24(35)10-5-21/h4-17,20,32H,19,37H2,1-3H3. The fourth-order valence-electron chi connectivity index (χ4n) is 4.67. The molecule has 1 aliphatic heterocycles. The molecule has 1 heterocycles. The molecular weight excluding hydrogens is 551 g/mol. The predicted molar refractivity (Wildman–Crippen MR) is 157 cm³/mol. The van der Waals surface area contributed by atoms with E-state index >= 15 is 0 Å². The van der Waals surface area contributed by atoms with Gasteiger partial charge in [0, 0.05) is 11.6 Å². The number of hydrogen-bond donors (Lipinski definition) is 1. The van der Waals surface area contributed by atoms with Gasteiger partial charge in [-0.05, 0) is 79.6 Å². The third-order valence-electron chi connectivity index (χ3n) is 6.69. The van der Waals surface area contributed by atoms with Gasteiger partial charge in [0.25, 0.3) is 0 Å². The van der Waals surface area contributed by atoms with Gasteiger partial charge in [0.1, 0.15) is 41.3 Å². The van der Waals surface area contributed by atoms with E-state index in [1.54, 1.807) is 66.7 Å². The van der Waals surface area contributed by atoms with Crippen LogP contribution in [0.2, 0.25) is 0 Å². The molecule has 1 atom stereocenters. The Morgan fingerprint density at radius 3 is 2.37 bits per heavy atom. The maximum absolute atomic E-state index is 13.2. The second-order valence-electron chi connectivity index (χ2n) is 10.0. The Morgan fingerprint density at radius 2 is 1.70 bits per heavy atom. The highest BCUT2D eigenvalue weighted by Crippen LogP contribution is 2.45. The molecule has 0 saturated carbocycles. The summed E-state index contributed by atoms with van der Waals surface area (Å²) in [5.74, 6) is 0.666. The fourth-order valence-corrected chi connectivity index (χ4v) is 4.67. The monoisotopic (exact) mass is 580 g/mol. The molecule has 0 spiro atoms. The quantitative estimate of drug-likeness (QED) is 0.173. The van der Waals surface area contributed by atoms with Crippen molar-refractivity contribution in [2.75, 3.05) is 7.11 Å². The highest BCUT2D eigenvalue weighted by atomic mass is 19.1. The van der Waals surface area contributed by atoms with Crippen molar-refractivity contribution in [3.8, 4) is 34.8 Å². The third kappa shape index (κ3) is 6.54. The number of fused-ring (bicyclic) bond motifs is 1. The van der Waals surface area contributed by atoms with E-state index in [-0.39, 0.29) is 35.7 Å². The Morgan fingerprint density at radius 1 is 0.977 bits per heavy atom. The van der Waals surface area contributed by atoms with Gasteiger partial charge in [-0.2, -0.15) is 5.26 Å². The van der Waals surface area contributed by atoms with E-state index in [4.69, 9.17) is 29.4 Å². The first-order valence-electron chi connectivity index (χ1n) is 13.5. The van der Waals surface area contributed by atoms with Crippen LogP contribution < -0.4 is 29.4 Å². The van der Waals surface area contributed by atoms with Gasteiger partial charge in [-0.1, -0.05) is 24.3 Å². The van der Waals surface area contributed by atoms with Gasteiger partial charge in [-0.3, -0.25) is 0 Å². The molecule has 0 aromatic heterocycles. The number of hydrogen-bond acceptors (Lipinski definition) is 8. The second-order valence-corrected chi connectivity index (χ2v) is 10.0. The van der Waals surface area contributed by atoms with Gasteiger partial charge in [-0.25, -0.2) is 9.18 Å². The van der Waals surface area contributed by atoms with E-state index in [9.17, 15) is 14.4 Å². The number of carbonyl (C=O) groups is 1. The number of nitrogens with two attached hydrogens (primary N) is 1. The maximum Gasteiger partial charge on any atom is 0.343 e. The highest BCUT2D eigenvalue weighted by molar-refractivity contribution is 5.91. The number of carbonyl (C=O) groups excluding carboxylic acids is 1. The number of halogens is 1. The van der Waals surface area contributed by atoms with E-state index < -0.39 is 11.9 Å². The molecule has 0 saturated heterocycles. The number of nitriles is 1. The van der Waals surface area contributed by atoms with E-state index in [0.29, 0.717) is 39.7 Å². The molecule has 0 fully saturated rings. The van der Waals surface area contributed by atoms with Crippen LogP contribution in [-0.2, 0) is 6.61 Å². The van der Waals surface area contributed by atoms with Crippen LogP contribution >= 0.6 is 0 Å². The minimum absolute atomic E-state index is 0.0142. The SMILES string of the molecule is COc1cc(C2C(C#N)=C(N)Oc3cc(OC(=O)c4ccc(OC(C)C)cc4)ccc32)ccc1OCc1ccc(F)cc1. The van der Waals surface area contributed by atoms with Gasteiger partial charge >= 0.3 is 5.97 Å². The van der Waals surface area contributed by atoms with E-state index in [1.165, 1.54) is 19.2 Å². The Balaban J connectivity index is 1.38. The average Bonchev–Trinajstić information content (AvgIpc) is 3.00. The molecule has 4 aromatic carbocycles. The van der Waals surface area contributed by atoms with Crippen LogP contribution in [0.3, 0.4) is 0 Å². The molecular formula is C34H29FN2O6. The lowest BCUT2D eigenvalue weighted by atomic mass is 9.83. The van der Waals surface area contributed by atoms with Crippen molar-refractivity contribution in [3.05, 3.63) is 124 Å². The van der Waals surface area contributed by atoms with Crippen molar-refractivity contribution >= 4 is 5.97 Å². The molecule has 0 radical (unpaired) electrons. The lowest BCUT2D eigenvalue weighted by Gasteiger charge is -2.27. The third-order valence-corrected chi connectivity index (χ3v) is 6.69. The average molecular weight is 581 g/mol. The smallest absolute Gasteiger partial charge is 0.343 e. The fraction of sp³-hybridized carbons (Fsp3) is 0.176. The van der Waals surface area contributed by atoms with Crippen molar-refractivity contribution in [2.45, 2.75) is 32.5 Å². The molecule has 218 valence electrons. The maximum atomic E-state index is 13.2. The number of nitrogens with zero attached hydrogens (tertiary/aromatic N) is 1. The summed E-state index contributed by atoms with van der Waals surface area (Å²) >= 11 is 0.